The first kappa shape index (κ1) is 11.7. The van der Waals surface area contributed by atoms with Crippen molar-refractivity contribution in [2.45, 2.75) is 46.1 Å². The molecule has 1 unspecified atom stereocenters. The Bertz CT molecular complexity index is 293. The summed E-state index contributed by atoms with van der Waals surface area (Å²) in [6.07, 6.45) is 1.91. The highest BCUT2D eigenvalue weighted by molar-refractivity contribution is 7.09. The number of thiazole rings is 1. The summed E-state index contributed by atoms with van der Waals surface area (Å²) >= 11 is 1.72. The summed E-state index contributed by atoms with van der Waals surface area (Å²) in [5.74, 6) is 0.497. The van der Waals surface area contributed by atoms with Gasteiger partial charge in [-0.2, -0.15) is 0 Å². The van der Waals surface area contributed by atoms with Crippen LogP contribution in [0.5, 0.6) is 0 Å². The van der Waals surface area contributed by atoms with E-state index in [0.29, 0.717) is 5.92 Å². The molecule has 0 aliphatic rings. The van der Waals surface area contributed by atoms with Crippen LogP contribution in [0.4, 0.5) is 0 Å². The molecule has 0 fully saturated rings. The van der Waals surface area contributed by atoms with Gasteiger partial charge in [-0.25, -0.2) is 4.98 Å². The summed E-state index contributed by atoms with van der Waals surface area (Å²) in [6, 6.07) is 0. The number of nitrogens with two attached hydrogens (primary N) is 1. The summed E-state index contributed by atoms with van der Waals surface area (Å²) in [5.41, 5.74) is 7.36. The summed E-state index contributed by atoms with van der Waals surface area (Å²) in [4.78, 5) is 4.46. The molecule has 14 heavy (non-hydrogen) atoms. The number of nitrogens with zero attached hydrogens (tertiary/aromatic N) is 1. The molecule has 80 valence electrons. The molecule has 0 saturated heterocycles. The Kier molecular flexibility index (Phi) is 3.67. The maximum absolute atomic E-state index is 6.35. The molecule has 0 saturated carbocycles. The highest BCUT2D eigenvalue weighted by Crippen LogP contribution is 2.24. The summed E-state index contributed by atoms with van der Waals surface area (Å²) in [7, 11) is 0. The zero-order valence-corrected chi connectivity index (χ0v) is 10.3. The predicted molar refractivity (Wildman–Crippen MR) is 62.6 cm³/mol. The normalized spacial score (nSPS) is 15.9. The standard InChI is InChI=1S/C11H20N2S/c1-5-11(12,8(2)3)6-10-13-9(4)7-14-10/h7-8H,5-6,12H2,1-4H3. The van der Waals surface area contributed by atoms with Gasteiger partial charge in [0, 0.05) is 23.0 Å². The summed E-state index contributed by atoms with van der Waals surface area (Å²) < 4.78 is 0. The van der Waals surface area contributed by atoms with Crippen LogP contribution < -0.4 is 5.73 Å². The van der Waals surface area contributed by atoms with Crippen LogP contribution in [-0.4, -0.2) is 10.5 Å². The quantitative estimate of drug-likeness (QED) is 0.833. The minimum atomic E-state index is -0.0930. The van der Waals surface area contributed by atoms with Crippen molar-refractivity contribution in [2.24, 2.45) is 11.7 Å². The lowest BCUT2D eigenvalue weighted by Gasteiger charge is -2.31. The number of aromatic nitrogens is 1. The molecule has 1 atom stereocenters. The third-order valence-corrected chi connectivity index (χ3v) is 3.92. The lowest BCUT2D eigenvalue weighted by atomic mass is 9.82. The van der Waals surface area contributed by atoms with Crippen molar-refractivity contribution >= 4 is 11.3 Å². The van der Waals surface area contributed by atoms with E-state index in [2.05, 4.69) is 31.1 Å². The third kappa shape index (κ3) is 2.55. The molecule has 0 bridgehead atoms. The van der Waals surface area contributed by atoms with Crippen LogP contribution in [0.15, 0.2) is 5.38 Å². The van der Waals surface area contributed by atoms with Gasteiger partial charge in [-0.05, 0) is 19.3 Å². The van der Waals surface area contributed by atoms with Gasteiger partial charge < -0.3 is 5.73 Å². The lowest BCUT2D eigenvalue weighted by Crippen LogP contribution is -2.46. The Hall–Kier alpha value is -0.410. The highest BCUT2D eigenvalue weighted by Gasteiger charge is 2.28. The first-order chi connectivity index (χ1) is 6.48. The molecule has 3 heteroatoms. The average molecular weight is 212 g/mol. The van der Waals surface area contributed by atoms with Crippen molar-refractivity contribution in [1.82, 2.24) is 4.98 Å². The maximum Gasteiger partial charge on any atom is 0.0946 e. The number of hydrogen-bond acceptors (Lipinski definition) is 3. The fraction of sp³-hybridized carbons (Fsp3) is 0.727. The van der Waals surface area contributed by atoms with E-state index in [0.717, 1.165) is 18.5 Å². The monoisotopic (exact) mass is 212 g/mol. The van der Waals surface area contributed by atoms with Gasteiger partial charge in [0.1, 0.15) is 0 Å². The molecule has 0 radical (unpaired) electrons. The van der Waals surface area contributed by atoms with Crippen LogP contribution in [0, 0.1) is 12.8 Å². The van der Waals surface area contributed by atoms with E-state index < -0.39 is 0 Å². The highest BCUT2D eigenvalue weighted by atomic mass is 32.1. The van der Waals surface area contributed by atoms with E-state index in [9.17, 15) is 0 Å². The Morgan fingerprint density at radius 2 is 2.21 bits per heavy atom. The van der Waals surface area contributed by atoms with Gasteiger partial charge in [-0.1, -0.05) is 20.8 Å². The number of aryl methyl sites for hydroxylation is 1. The first-order valence-electron chi connectivity index (χ1n) is 5.18. The van der Waals surface area contributed by atoms with Gasteiger partial charge in [0.2, 0.25) is 0 Å². The molecule has 1 aromatic heterocycles. The molecule has 0 aliphatic heterocycles. The van der Waals surface area contributed by atoms with Crippen molar-refractivity contribution in [3.8, 4) is 0 Å². The largest absolute Gasteiger partial charge is 0.324 e. The van der Waals surface area contributed by atoms with Crippen molar-refractivity contribution in [2.75, 3.05) is 0 Å². The van der Waals surface area contributed by atoms with Gasteiger partial charge in [-0.15, -0.1) is 11.3 Å². The Balaban J connectivity index is 2.75. The second-order valence-electron chi connectivity index (χ2n) is 4.30. The van der Waals surface area contributed by atoms with E-state index in [1.165, 1.54) is 5.01 Å². The van der Waals surface area contributed by atoms with Gasteiger partial charge in [0.15, 0.2) is 0 Å². The molecule has 1 aromatic rings. The van der Waals surface area contributed by atoms with Gasteiger partial charge in [0.05, 0.1) is 5.01 Å². The van der Waals surface area contributed by atoms with Crippen LogP contribution in [0.1, 0.15) is 37.9 Å². The number of rotatable bonds is 4. The van der Waals surface area contributed by atoms with Crippen LogP contribution in [0.25, 0.3) is 0 Å². The first-order valence-corrected chi connectivity index (χ1v) is 6.06. The lowest BCUT2D eigenvalue weighted by molar-refractivity contribution is 0.296. The second-order valence-corrected chi connectivity index (χ2v) is 5.24. The van der Waals surface area contributed by atoms with E-state index in [1.807, 2.05) is 6.92 Å². The molecule has 0 spiro atoms. The zero-order valence-electron chi connectivity index (χ0n) is 9.50. The van der Waals surface area contributed by atoms with Crippen LogP contribution in [-0.2, 0) is 6.42 Å². The molecule has 1 rings (SSSR count). The van der Waals surface area contributed by atoms with Crippen molar-refractivity contribution < 1.29 is 0 Å². The van der Waals surface area contributed by atoms with E-state index in [-0.39, 0.29) is 5.54 Å². The molecule has 0 aliphatic carbocycles. The molecule has 2 nitrogen and oxygen atoms in total. The fourth-order valence-electron chi connectivity index (χ4n) is 1.50. The molecule has 2 N–H and O–H groups in total. The van der Waals surface area contributed by atoms with Crippen LogP contribution in [0.2, 0.25) is 0 Å². The maximum atomic E-state index is 6.35. The molecular weight excluding hydrogens is 192 g/mol. The average Bonchev–Trinajstić information content (AvgIpc) is 2.50. The van der Waals surface area contributed by atoms with Gasteiger partial charge in [-0.3, -0.25) is 0 Å². The Morgan fingerprint density at radius 1 is 1.57 bits per heavy atom. The van der Waals surface area contributed by atoms with Crippen molar-refractivity contribution in [3.63, 3.8) is 0 Å². The molecule has 0 amide bonds. The predicted octanol–water partition coefficient (Wildman–Crippen LogP) is 2.76. The minimum Gasteiger partial charge on any atom is -0.324 e. The van der Waals surface area contributed by atoms with Gasteiger partial charge in [0.25, 0.3) is 0 Å². The minimum absolute atomic E-state index is 0.0930. The zero-order chi connectivity index (χ0) is 10.8. The van der Waals surface area contributed by atoms with Crippen molar-refractivity contribution in [3.05, 3.63) is 16.1 Å². The van der Waals surface area contributed by atoms with Gasteiger partial charge >= 0.3 is 0 Å². The summed E-state index contributed by atoms with van der Waals surface area (Å²) in [6.45, 7) is 8.55. The Labute approximate surface area is 90.6 Å². The summed E-state index contributed by atoms with van der Waals surface area (Å²) in [5, 5.41) is 3.26. The molecular formula is C11H20N2S. The van der Waals surface area contributed by atoms with E-state index in [4.69, 9.17) is 5.73 Å². The molecule has 1 heterocycles. The SMILES string of the molecule is CCC(N)(Cc1nc(C)cs1)C(C)C. The molecule has 0 aromatic carbocycles. The topological polar surface area (TPSA) is 38.9 Å². The van der Waals surface area contributed by atoms with E-state index >= 15 is 0 Å². The van der Waals surface area contributed by atoms with Crippen LogP contribution >= 0.6 is 11.3 Å². The third-order valence-electron chi connectivity index (χ3n) is 2.96. The van der Waals surface area contributed by atoms with E-state index in [1.54, 1.807) is 11.3 Å². The second kappa shape index (κ2) is 4.41. The Morgan fingerprint density at radius 3 is 2.57 bits per heavy atom. The fourth-order valence-corrected chi connectivity index (χ4v) is 2.41. The van der Waals surface area contributed by atoms with Crippen molar-refractivity contribution in [1.29, 1.82) is 0 Å². The number of hydrogen-bond donors (Lipinski definition) is 1. The smallest absolute Gasteiger partial charge is 0.0946 e. The van der Waals surface area contributed by atoms with Crippen LogP contribution in [0.3, 0.4) is 0 Å².